The zero-order chi connectivity index (χ0) is 29.5. The normalized spacial score (nSPS) is 28.2. The maximum atomic E-state index is 6.59. The fourth-order valence-electron chi connectivity index (χ4n) is 7.38. The van der Waals surface area contributed by atoms with Crippen molar-refractivity contribution in [2.75, 3.05) is 7.11 Å². The molecule has 2 aromatic carbocycles. The van der Waals surface area contributed by atoms with Gasteiger partial charge in [-0.1, -0.05) is 62.4 Å². The zero-order valence-corrected chi connectivity index (χ0v) is 26.7. The van der Waals surface area contributed by atoms with Gasteiger partial charge in [0.1, 0.15) is 18.1 Å². The van der Waals surface area contributed by atoms with Crippen molar-refractivity contribution in [3.8, 4) is 5.75 Å². The first-order valence-electron chi connectivity index (χ1n) is 15.6. The van der Waals surface area contributed by atoms with Crippen LogP contribution in [-0.4, -0.2) is 25.4 Å². The Bertz CT molecular complexity index is 1290. The molecule has 0 aromatic heterocycles. The smallest absolute Gasteiger partial charge is 0.494 e. The lowest BCUT2D eigenvalue weighted by atomic mass is 9.62. The quantitative estimate of drug-likeness (QED) is 0.254. The first-order chi connectivity index (χ1) is 19.4. The molecule has 3 aliphatic rings. The third-order valence-electron chi connectivity index (χ3n) is 10.1. The molecule has 41 heavy (non-hydrogen) atoms. The molecular weight excluding hydrogens is 507 g/mol. The molecule has 4 unspecified atom stereocenters. The number of rotatable bonds is 7. The molecule has 1 heterocycles. The van der Waals surface area contributed by atoms with E-state index in [2.05, 4.69) is 104 Å². The summed E-state index contributed by atoms with van der Waals surface area (Å²) in [7, 11) is 1.48. The van der Waals surface area contributed by atoms with Gasteiger partial charge in [0.2, 0.25) is 0 Å². The van der Waals surface area contributed by atoms with Crippen molar-refractivity contribution in [2.24, 2.45) is 23.7 Å². The minimum atomic E-state index is -0.361. The fraction of sp³-hybridized carbons (Fsp3) is 0.556. The topological polar surface area (TPSA) is 36.9 Å². The first kappa shape index (κ1) is 30.0. The lowest BCUT2D eigenvalue weighted by Gasteiger charge is -2.43. The highest BCUT2D eigenvalue weighted by Gasteiger charge is 2.51. The van der Waals surface area contributed by atoms with Crippen LogP contribution in [0.1, 0.15) is 96.4 Å². The van der Waals surface area contributed by atoms with E-state index in [-0.39, 0.29) is 18.3 Å². The number of hydrogen-bond acceptors (Lipinski definition) is 4. The molecule has 0 N–H and O–H groups in total. The van der Waals surface area contributed by atoms with Crippen LogP contribution in [0.5, 0.6) is 5.75 Å². The second kappa shape index (κ2) is 11.6. The van der Waals surface area contributed by atoms with Crippen LogP contribution in [0.3, 0.4) is 0 Å². The zero-order valence-electron chi connectivity index (χ0n) is 26.7. The van der Waals surface area contributed by atoms with E-state index in [0.717, 1.165) is 51.1 Å². The Morgan fingerprint density at radius 3 is 2.27 bits per heavy atom. The number of allylic oxidation sites excluding steroid dienone is 2. The number of benzene rings is 2. The van der Waals surface area contributed by atoms with Crippen LogP contribution in [-0.2, 0) is 20.7 Å². The second-order valence-corrected chi connectivity index (χ2v) is 13.8. The molecule has 5 rings (SSSR count). The largest absolute Gasteiger partial charge is 0.496 e. The maximum Gasteiger partial charge on any atom is 0.494 e. The van der Waals surface area contributed by atoms with Gasteiger partial charge in [-0.25, -0.2) is 0 Å². The molecule has 2 aromatic rings. The van der Waals surface area contributed by atoms with Gasteiger partial charge in [0.25, 0.3) is 0 Å². The van der Waals surface area contributed by atoms with Crippen molar-refractivity contribution in [1.82, 2.24) is 0 Å². The third-order valence-corrected chi connectivity index (χ3v) is 10.1. The van der Waals surface area contributed by atoms with Gasteiger partial charge in [-0.05, 0) is 107 Å². The number of hydrogen-bond donors (Lipinski definition) is 0. The molecule has 0 amide bonds. The summed E-state index contributed by atoms with van der Waals surface area (Å²) in [6, 6.07) is 12.8. The van der Waals surface area contributed by atoms with Crippen LogP contribution in [0, 0.1) is 30.6 Å². The fourth-order valence-corrected chi connectivity index (χ4v) is 7.38. The van der Waals surface area contributed by atoms with Crippen LogP contribution in [0.4, 0.5) is 0 Å². The number of methoxy groups -OCH3 is 1. The van der Waals surface area contributed by atoms with Gasteiger partial charge in [0.05, 0.1) is 18.3 Å². The van der Waals surface area contributed by atoms with Gasteiger partial charge >= 0.3 is 7.12 Å². The minimum absolute atomic E-state index is 0.353. The van der Waals surface area contributed by atoms with Gasteiger partial charge < -0.3 is 18.8 Å². The van der Waals surface area contributed by atoms with Crippen molar-refractivity contribution in [1.29, 1.82) is 0 Å². The Morgan fingerprint density at radius 2 is 1.63 bits per heavy atom. The van der Waals surface area contributed by atoms with E-state index in [1.165, 1.54) is 31.3 Å². The molecule has 3 fully saturated rings. The highest BCUT2D eigenvalue weighted by atomic mass is 16.7. The SMILES string of the molecule is C/C=C/c1ccc(/C(OC)=C2\C(C)CC3CC(C)CC2C3)c(C)c1OCc1ccc(B2OC(C)(C)C(C)(C)O2)cc1. The molecule has 0 spiro atoms. The van der Waals surface area contributed by atoms with E-state index >= 15 is 0 Å². The Hall–Kier alpha value is -2.50. The van der Waals surface area contributed by atoms with Crippen molar-refractivity contribution in [3.05, 3.63) is 70.3 Å². The van der Waals surface area contributed by atoms with E-state index in [4.69, 9.17) is 18.8 Å². The molecule has 4 atom stereocenters. The molecule has 1 saturated heterocycles. The van der Waals surface area contributed by atoms with Crippen LogP contribution in [0.15, 0.2) is 48.0 Å². The van der Waals surface area contributed by atoms with Gasteiger partial charge in [-0.2, -0.15) is 0 Å². The predicted molar refractivity (Wildman–Crippen MR) is 170 cm³/mol. The molecule has 220 valence electrons. The predicted octanol–water partition coefficient (Wildman–Crippen LogP) is 8.36. The Kier molecular flexibility index (Phi) is 8.52. The minimum Gasteiger partial charge on any atom is -0.496 e. The summed E-state index contributed by atoms with van der Waals surface area (Å²) < 4.78 is 25.3. The van der Waals surface area contributed by atoms with Crippen LogP contribution in [0.25, 0.3) is 11.8 Å². The molecule has 2 aliphatic carbocycles. The van der Waals surface area contributed by atoms with E-state index in [1.807, 2.05) is 7.11 Å². The molecule has 2 bridgehead atoms. The van der Waals surface area contributed by atoms with E-state index in [0.29, 0.717) is 18.4 Å². The summed E-state index contributed by atoms with van der Waals surface area (Å²) in [5.41, 5.74) is 6.32. The molecule has 5 heteroatoms. The van der Waals surface area contributed by atoms with Crippen LogP contribution < -0.4 is 10.2 Å². The Morgan fingerprint density at radius 1 is 0.951 bits per heavy atom. The maximum absolute atomic E-state index is 6.59. The molecule has 4 nitrogen and oxygen atoms in total. The van der Waals surface area contributed by atoms with Crippen LogP contribution in [0.2, 0.25) is 0 Å². The molecule has 0 radical (unpaired) electrons. The monoisotopic (exact) mass is 556 g/mol. The standard InChI is InChI=1S/C36H49BO4/c1-10-11-28-14-17-31(34(38-9)32-24(3)20-27-18-23(2)19-29(32)21-27)25(4)33(28)39-22-26-12-15-30(16-13-26)37-40-35(5,6)36(7,8)41-37/h10-17,23-24,27,29H,18-22H2,1-9H3/b11-10+,34-32-. The number of fused-ring (bicyclic) bond motifs is 2. The van der Waals surface area contributed by atoms with Crippen molar-refractivity contribution >= 4 is 24.4 Å². The molecule has 1 aliphatic heterocycles. The summed E-state index contributed by atoms with van der Waals surface area (Å²) in [6.45, 7) is 17.9. The Balaban J connectivity index is 1.41. The van der Waals surface area contributed by atoms with E-state index < -0.39 is 0 Å². The van der Waals surface area contributed by atoms with Gasteiger partial charge in [0.15, 0.2) is 0 Å². The van der Waals surface area contributed by atoms with Gasteiger partial charge in [-0.3, -0.25) is 0 Å². The lowest BCUT2D eigenvalue weighted by Crippen LogP contribution is -2.41. The highest BCUT2D eigenvalue weighted by molar-refractivity contribution is 6.62. The summed E-state index contributed by atoms with van der Waals surface area (Å²) in [6.07, 6.45) is 9.42. The summed E-state index contributed by atoms with van der Waals surface area (Å²) >= 11 is 0. The van der Waals surface area contributed by atoms with E-state index in [9.17, 15) is 0 Å². The summed E-state index contributed by atoms with van der Waals surface area (Å²) in [5.74, 6) is 4.79. The molecule has 2 saturated carbocycles. The average molecular weight is 557 g/mol. The van der Waals surface area contributed by atoms with Crippen molar-refractivity contribution in [2.45, 2.75) is 98.9 Å². The number of ether oxygens (including phenoxy) is 2. The Labute approximate surface area is 248 Å². The summed E-state index contributed by atoms with van der Waals surface area (Å²) in [4.78, 5) is 0. The summed E-state index contributed by atoms with van der Waals surface area (Å²) in [5, 5.41) is 0. The van der Waals surface area contributed by atoms with Crippen LogP contribution >= 0.6 is 0 Å². The third kappa shape index (κ3) is 5.90. The van der Waals surface area contributed by atoms with Gasteiger partial charge in [-0.15, -0.1) is 0 Å². The highest BCUT2D eigenvalue weighted by Crippen LogP contribution is 2.50. The average Bonchev–Trinajstić information content (AvgIpc) is 3.13. The van der Waals surface area contributed by atoms with E-state index in [1.54, 1.807) is 0 Å². The second-order valence-electron chi connectivity index (χ2n) is 13.8. The molecular formula is C36H49BO4. The lowest BCUT2D eigenvalue weighted by molar-refractivity contribution is 0.00578. The van der Waals surface area contributed by atoms with Crippen molar-refractivity contribution < 1.29 is 18.8 Å². The first-order valence-corrected chi connectivity index (χ1v) is 15.6. The van der Waals surface area contributed by atoms with Crippen molar-refractivity contribution in [3.63, 3.8) is 0 Å². The van der Waals surface area contributed by atoms with Gasteiger partial charge in [0, 0.05) is 16.7 Å².